The minimum absolute atomic E-state index is 0.678. The topological polar surface area (TPSA) is 56.2 Å². The van der Waals surface area contributed by atoms with Gasteiger partial charge < -0.3 is 9.80 Å². The van der Waals surface area contributed by atoms with Crippen LogP contribution in [0.4, 0.5) is 0 Å². The van der Waals surface area contributed by atoms with Crippen LogP contribution in [-0.4, -0.2) is 80.6 Å². The summed E-state index contributed by atoms with van der Waals surface area (Å²) in [6.45, 7) is 8.50. The second kappa shape index (κ2) is 7.76. The zero-order valence-corrected chi connectivity index (χ0v) is 15.8. The van der Waals surface area contributed by atoms with E-state index in [1.54, 1.807) is 30.5 Å². The lowest BCUT2D eigenvalue weighted by Gasteiger charge is -2.37. The second-order valence-corrected chi connectivity index (χ2v) is 8.67. The average molecular weight is 369 g/mol. The maximum absolute atomic E-state index is 12.9. The summed E-state index contributed by atoms with van der Waals surface area (Å²) in [5.41, 5.74) is 0. The number of likely N-dealkylation sites (N-methyl/N-ethyl adjacent to an activating group) is 1. The number of hydrogen-bond acceptors (Lipinski definition) is 5. The number of nitrogens with zero attached hydrogens (tertiary/aromatic N) is 4. The Labute approximate surface area is 148 Å². The van der Waals surface area contributed by atoms with Crippen LogP contribution in [0, 0.1) is 0 Å². The molecule has 2 unspecified atom stereocenters. The molecule has 0 aliphatic carbocycles. The van der Waals surface area contributed by atoms with E-state index in [-0.39, 0.29) is 0 Å². The Bertz CT molecular complexity index is 655. The van der Waals surface area contributed by atoms with Crippen molar-refractivity contribution in [2.24, 2.45) is 4.99 Å². The Balaban J connectivity index is 1.70. The summed E-state index contributed by atoms with van der Waals surface area (Å²) in [7, 11) is -2.29. The summed E-state index contributed by atoms with van der Waals surface area (Å²) in [6.07, 6.45) is 1.65. The third-order valence-electron chi connectivity index (χ3n) is 4.44. The van der Waals surface area contributed by atoms with Gasteiger partial charge in [-0.25, -0.2) is 4.21 Å². The fourth-order valence-corrected chi connectivity index (χ4v) is 4.69. The number of benzene rings is 1. The van der Waals surface area contributed by atoms with E-state index in [0.29, 0.717) is 13.1 Å². The highest BCUT2D eigenvalue weighted by Gasteiger charge is 2.30. The van der Waals surface area contributed by atoms with E-state index >= 15 is 0 Å². The van der Waals surface area contributed by atoms with Crippen molar-refractivity contribution in [1.29, 1.82) is 0 Å². The molecule has 1 aromatic carbocycles. The van der Waals surface area contributed by atoms with Crippen molar-refractivity contribution in [3.8, 4) is 0 Å². The van der Waals surface area contributed by atoms with Crippen LogP contribution in [0.5, 0.6) is 0 Å². The van der Waals surface area contributed by atoms with Gasteiger partial charge in [-0.05, 0) is 30.8 Å². The van der Waals surface area contributed by atoms with Crippen LogP contribution in [0.1, 0.15) is 6.92 Å². The van der Waals surface area contributed by atoms with Crippen LogP contribution in [0.25, 0.3) is 0 Å². The summed E-state index contributed by atoms with van der Waals surface area (Å²) < 4.78 is 26.3. The van der Waals surface area contributed by atoms with Gasteiger partial charge >= 0.3 is 0 Å². The second-order valence-electron chi connectivity index (χ2n) is 5.88. The number of rotatable bonds is 4. The third-order valence-corrected chi connectivity index (χ3v) is 6.80. The lowest BCUT2D eigenvalue weighted by Crippen LogP contribution is -2.52. The largest absolute Gasteiger partial charge is 0.339 e. The molecule has 0 N–H and O–H groups in total. The van der Waals surface area contributed by atoms with E-state index in [2.05, 4.69) is 21.7 Å². The minimum Gasteiger partial charge on any atom is -0.339 e. The molecule has 1 fully saturated rings. The molecule has 0 bridgehead atoms. The van der Waals surface area contributed by atoms with E-state index in [9.17, 15) is 8.42 Å². The van der Waals surface area contributed by atoms with Gasteiger partial charge in [0.1, 0.15) is 0 Å². The quantitative estimate of drug-likeness (QED) is 0.787. The molecule has 2 aliphatic heterocycles. The summed E-state index contributed by atoms with van der Waals surface area (Å²) in [5, 5.41) is 0. The van der Waals surface area contributed by atoms with Crippen LogP contribution >= 0.6 is 0 Å². The Morgan fingerprint density at radius 1 is 1.00 bits per heavy atom. The normalized spacial score (nSPS) is 21.7. The maximum Gasteiger partial charge on any atom is 0.209 e. The van der Waals surface area contributed by atoms with Gasteiger partial charge in [-0.3, -0.25) is 13.5 Å². The predicted octanol–water partition coefficient (Wildman–Crippen LogP) is 0.756. The molecule has 24 heavy (non-hydrogen) atoms. The van der Waals surface area contributed by atoms with Crippen molar-refractivity contribution in [3.63, 3.8) is 0 Å². The molecule has 1 saturated heterocycles. The fourth-order valence-electron chi connectivity index (χ4n) is 2.97. The summed E-state index contributed by atoms with van der Waals surface area (Å²) in [4.78, 5) is 10.7. The summed E-state index contributed by atoms with van der Waals surface area (Å²) in [5.74, 6) is 0.854. The average Bonchev–Trinajstić information content (AvgIpc) is 3.11. The molecule has 2 heterocycles. The molecule has 2 atom stereocenters. The third kappa shape index (κ3) is 3.70. The molecule has 0 aromatic heterocycles. The Kier molecular flexibility index (Phi) is 5.68. The standard InChI is InChI=1S/C16H24N4O2S2/c1-3-18-10-12-19(13-11-18)16-17-8-9-20(16)24(22)15-6-4-14(5-7-15)23(2)21/h4-7H,3,8-13H2,1-2H3. The van der Waals surface area contributed by atoms with Gasteiger partial charge in [-0.1, -0.05) is 6.92 Å². The monoisotopic (exact) mass is 368 g/mol. The van der Waals surface area contributed by atoms with Gasteiger partial charge in [0.05, 0.1) is 18.0 Å². The van der Waals surface area contributed by atoms with Crippen LogP contribution in [0.3, 0.4) is 0 Å². The summed E-state index contributed by atoms with van der Waals surface area (Å²) >= 11 is 0. The van der Waals surface area contributed by atoms with Crippen LogP contribution in [-0.2, 0) is 21.8 Å². The Morgan fingerprint density at radius 3 is 2.21 bits per heavy atom. The Morgan fingerprint density at radius 2 is 1.62 bits per heavy atom. The molecule has 0 radical (unpaired) electrons. The number of guanidine groups is 1. The first-order valence-electron chi connectivity index (χ1n) is 8.25. The van der Waals surface area contributed by atoms with Gasteiger partial charge in [0.15, 0.2) is 11.0 Å². The first-order chi connectivity index (χ1) is 11.6. The van der Waals surface area contributed by atoms with E-state index in [1.807, 2.05) is 4.31 Å². The lowest BCUT2D eigenvalue weighted by molar-refractivity contribution is 0.184. The number of aliphatic imine (C=N–C) groups is 1. The molecule has 132 valence electrons. The van der Waals surface area contributed by atoms with Crippen molar-refractivity contribution in [2.75, 3.05) is 52.1 Å². The number of hydrogen-bond donors (Lipinski definition) is 0. The predicted molar refractivity (Wildman–Crippen MR) is 97.9 cm³/mol. The highest BCUT2D eigenvalue weighted by molar-refractivity contribution is 7.84. The molecule has 6 nitrogen and oxygen atoms in total. The van der Waals surface area contributed by atoms with Crippen LogP contribution in [0.15, 0.2) is 39.0 Å². The zero-order chi connectivity index (χ0) is 17.1. The van der Waals surface area contributed by atoms with E-state index in [4.69, 9.17) is 0 Å². The van der Waals surface area contributed by atoms with Crippen molar-refractivity contribution in [1.82, 2.24) is 14.1 Å². The van der Waals surface area contributed by atoms with Crippen molar-refractivity contribution >= 4 is 27.7 Å². The van der Waals surface area contributed by atoms with E-state index in [0.717, 1.165) is 48.5 Å². The van der Waals surface area contributed by atoms with Gasteiger partial charge in [-0.2, -0.15) is 0 Å². The summed E-state index contributed by atoms with van der Waals surface area (Å²) in [6, 6.07) is 7.18. The molecular weight excluding hydrogens is 344 g/mol. The van der Waals surface area contributed by atoms with Gasteiger partial charge in [0.25, 0.3) is 0 Å². The fraction of sp³-hybridized carbons (Fsp3) is 0.562. The van der Waals surface area contributed by atoms with Crippen molar-refractivity contribution in [2.45, 2.75) is 16.7 Å². The van der Waals surface area contributed by atoms with Gasteiger partial charge in [0, 0.05) is 48.1 Å². The van der Waals surface area contributed by atoms with Crippen molar-refractivity contribution in [3.05, 3.63) is 24.3 Å². The van der Waals surface area contributed by atoms with Crippen LogP contribution in [0.2, 0.25) is 0 Å². The van der Waals surface area contributed by atoms with Crippen molar-refractivity contribution < 1.29 is 8.42 Å². The SMILES string of the molecule is CCN1CCN(C2=NCCN2S(=O)c2ccc(S(C)=O)cc2)CC1. The lowest BCUT2D eigenvalue weighted by atomic mass is 10.3. The molecule has 1 aromatic rings. The van der Waals surface area contributed by atoms with E-state index in [1.165, 1.54) is 0 Å². The van der Waals surface area contributed by atoms with Gasteiger partial charge in [-0.15, -0.1) is 0 Å². The maximum atomic E-state index is 12.9. The highest BCUT2D eigenvalue weighted by atomic mass is 32.2. The molecule has 0 amide bonds. The van der Waals surface area contributed by atoms with E-state index < -0.39 is 21.8 Å². The van der Waals surface area contributed by atoms with Gasteiger partial charge in [0.2, 0.25) is 5.96 Å². The molecule has 0 saturated carbocycles. The highest BCUT2D eigenvalue weighted by Crippen LogP contribution is 2.19. The first-order valence-corrected chi connectivity index (χ1v) is 10.9. The molecule has 8 heteroatoms. The molecule has 0 spiro atoms. The smallest absolute Gasteiger partial charge is 0.209 e. The number of piperazine rings is 1. The molecule has 3 rings (SSSR count). The van der Waals surface area contributed by atoms with Crippen LogP contribution < -0.4 is 0 Å². The molecular formula is C16H24N4O2S2. The zero-order valence-electron chi connectivity index (χ0n) is 14.2. The Hall–Kier alpha value is -1.25. The molecule has 2 aliphatic rings. The minimum atomic E-state index is -1.27. The first kappa shape index (κ1) is 17.6.